The lowest BCUT2D eigenvalue weighted by Crippen LogP contribution is -2.41. The summed E-state index contributed by atoms with van der Waals surface area (Å²) < 4.78 is 40.3. The maximum Gasteiger partial charge on any atom is 0.242 e. The second-order valence-corrected chi connectivity index (χ2v) is 10.8. The number of rotatable bonds is 7. The Bertz CT molecular complexity index is 1020. The summed E-state index contributed by atoms with van der Waals surface area (Å²) >= 11 is 0. The molecule has 1 saturated heterocycles. The molecule has 2 bridgehead atoms. The average Bonchev–Trinajstić information content (AvgIpc) is 3.08. The van der Waals surface area contributed by atoms with Crippen molar-refractivity contribution in [2.24, 2.45) is 11.8 Å². The molecule has 1 saturated carbocycles. The Kier molecular flexibility index (Phi) is 6.46. The molecule has 3 unspecified atom stereocenters. The molecule has 1 aliphatic heterocycles. The average molecular weight is 458 g/mol. The molecule has 3 atom stereocenters. The van der Waals surface area contributed by atoms with Crippen molar-refractivity contribution in [3.63, 3.8) is 0 Å². The van der Waals surface area contributed by atoms with Crippen molar-refractivity contribution in [2.45, 2.75) is 36.6 Å². The summed E-state index contributed by atoms with van der Waals surface area (Å²) in [6, 6.07) is 9.62. The molecule has 32 heavy (non-hydrogen) atoms. The van der Waals surface area contributed by atoms with Gasteiger partial charge in [-0.2, -0.15) is 0 Å². The molecule has 7 nitrogen and oxygen atoms in total. The van der Waals surface area contributed by atoms with Gasteiger partial charge in [-0.25, -0.2) is 13.1 Å². The quantitative estimate of drug-likeness (QED) is 0.687. The molecule has 1 aromatic heterocycles. The van der Waals surface area contributed by atoms with Crippen LogP contribution in [0.5, 0.6) is 5.75 Å². The van der Waals surface area contributed by atoms with Crippen molar-refractivity contribution in [1.29, 1.82) is 0 Å². The van der Waals surface area contributed by atoms with Crippen LogP contribution in [0.2, 0.25) is 0 Å². The Morgan fingerprint density at radius 2 is 1.88 bits per heavy atom. The van der Waals surface area contributed by atoms with Crippen molar-refractivity contribution < 1.29 is 17.9 Å². The highest BCUT2D eigenvalue weighted by molar-refractivity contribution is 7.89. The summed E-state index contributed by atoms with van der Waals surface area (Å²) in [7, 11) is -3.57. The molecule has 2 aromatic rings. The van der Waals surface area contributed by atoms with Crippen molar-refractivity contribution in [2.75, 3.05) is 39.5 Å². The van der Waals surface area contributed by atoms with E-state index in [9.17, 15) is 8.42 Å². The summed E-state index contributed by atoms with van der Waals surface area (Å²) in [5, 5.41) is 0. The zero-order valence-electron chi connectivity index (χ0n) is 18.3. The molecule has 8 heteroatoms. The summed E-state index contributed by atoms with van der Waals surface area (Å²) in [5.41, 5.74) is 2.62. The normalized spacial score (nSPS) is 25.8. The number of sulfonamides is 1. The molecule has 3 aliphatic rings. The van der Waals surface area contributed by atoms with Crippen LogP contribution in [-0.4, -0.2) is 63.8 Å². The smallest absolute Gasteiger partial charge is 0.242 e. The topological polar surface area (TPSA) is 80.8 Å². The van der Waals surface area contributed by atoms with Gasteiger partial charge in [-0.05, 0) is 72.9 Å². The molecular weight excluding hydrogens is 426 g/mol. The minimum absolute atomic E-state index is 0.0432. The van der Waals surface area contributed by atoms with E-state index in [0.29, 0.717) is 18.4 Å². The van der Waals surface area contributed by atoms with Crippen molar-refractivity contribution in [3.8, 4) is 5.75 Å². The predicted octanol–water partition coefficient (Wildman–Crippen LogP) is 2.26. The van der Waals surface area contributed by atoms with Crippen LogP contribution >= 0.6 is 0 Å². The highest BCUT2D eigenvalue weighted by Gasteiger charge is 2.41. The Morgan fingerprint density at radius 1 is 1.09 bits per heavy atom. The molecule has 0 radical (unpaired) electrons. The van der Waals surface area contributed by atoms with E-state index in [1.165, 1.54) is 17.3 Å². The van der Waals surface area contributed by atoms with E-state index in [2.05, 4.69) is 32.8 Å². The molecule has 2 fully saturated rings. The predicted molar refractivity (Wildman–Crippen MR) is 121 cm³/mol. The largest absolute Gasteiger partial charge is 0.492 e. The van der Waals surface area contributed by atoms with E-state index in [0.717, 1.165) is 64.3 Å². The molecular formula is C24H31N3O4S. The molecule has 5 rings (SSSR count). The Hall–Kier alpha value is -2.00. The third kappa shape index (κ3) is 4.83. The number of fused-ring (bicyclic) bond motifs is 3. The van der Waals surface area contributed by atoms with Crippen LogP contribution in [0.4, 0.5) is 0 Å². The molecule has 2 aliphatic carbocycles. The van der Waals surface area contributed by atoms with Gasteiger partial charge in [-0.15, -0.1) is 0 Å². The van der Waals surface area contributed by atoms with Gasteiger partial charge in [-0.1, -0.05) is 6.07 Å². The van der Waals surface area contributed by atoms with E-state index >= 15 is 0 Å². The fraction of sp³-hybridized carbons (Fsp3) is 0.542. The summed E-state index contributed by atoms with van der Waals surface area (Å²) in [6.07, 6.45) is 6.89. The van der Waals surface area contributed by atoms with Gasteiger partial charge < -0.3 is 9.47 Å². The first-order valence-corrected chi connectivity index (χ1v) is 13.0. The van der Waals surface area contributed by atoms with Crippen LogP contribution in [0.25, 0.3) is 0 Å². The van der Waals surface area contributed by atoms with Crippen LogP contribution < -0.4 is 9.46 Å². The van der Waals surface area contributed by atoms with E-state index in [1.54, 1.807) is 18.3 Å². The molecule has 1 aromatic carbocycles. The lowest BCUT2D eigenvalue weighted by Gasteiger charge is -2.26. The third-order valence-corrected chi connectivity index (χ3v) is 8.53. The van der Waals surface area contributed by atoms with E-state index < -0.39 is 10.0 Å². The van der Waals surface area contributed by atoms with E-state index in [-0.39, 0.29) is 10.9 Å². The number of ether oxygens (including phenoxy) is 2. The van der Waals surface area contributed by atoms with E-state index in [1.807, 2.05) is 0 Å². The monoisotopic (exact) mass is 457 g/mol. The molecule has 0 amide bonds. The maximum absolute atomic E-state index is 12.9. The number of hydrogen-bond acceptors (Lipinski definition) is 6. The van der Waals surface area contributed by atoms with Gasteiger partial charge in [0.25, 0.3) is 0 Å². The van der Waals surface area contributed by atoms with Gasteiger partial charge in [0.15, 0.2) is 0 Å². The summed E-state index contributed by atoms with van der Waals surface area (Å²) in [6.45, 7) is 5.10. The van der Waals surface area contributed by atoms with Gasteiger partial charge in [0.05, 0.1) is 13.2 Å². The highest BCUT2D eigenvalue weighted by atomic mass is 32.2. The number of aromatic nitrogens is 1. The number of benzene rings is 1. The van der Waals surface area contributed by atoms with Gasteiger partial charge in [-0.3, -0.25) is 9.88 Å². The van der Waals surface area contributed by atoms with Crippen molar-refractivity contribution >= 4 is 10.0 Å². The number of pyridine rings is 1. The van der Waals surface area contributed by atoms with Gasteiger partial charge in [0, 0.05) is 38.1 Å². The zero-order valence-corrected chi connectivity index (χ0v) is 19.1. The molecule has 0 spiro atoms. The van der Waals surface area contributed by atoms with Gasteiger partial charge >= 0.3 is 0 Å². The van der Waals surface area contributed by atoms with Gasteiger partial charge in [0.1, 0.15) is 17.3 Å². The highest BCUT2D eigenvalue weighted by Crippen LogP contribution is 2.41. The molecule has 172 valence electrons. The minimum Gasteiger partial charge on any atom is -0.492 e. The first-order valence-electron chi connectivity index (χ1n) is 11.6. The lowest BCUT2D eigenvalue weighted by molar-refractivity contribution is 0.0322. The van der Waals surface area contributed by atoms with Crippen LogP contribution in [-0.2, 0) is 27.6 Å². The first kappa shape index (κ1) is 21.8. The Labute approximate surface area is 190 Å². The number of nitrogens with zero attached hydrogens (tertiary/aromatic N) is 2. The fourth-order valence-corrected chi connectivity index (χ4v) is 6.68. The number of hydrogen-bond donors (Lipinski definition) is 1. The third-order valence-electron chi connectivity index (χ3n) is 7.08. The van der Waals surface area contributed by atoms with Crippen molar-refractivity contribution in [3.05, 3.63) is 53.9 Å². The Balaban J connectivity index is 1.25. The molecule has 2 heterocycles. The summed E-state index contributed by atoms with van der Waals surface area (Å²) in [5.74, 6) is 1.53. The number of nitrogens with one attached hydrogen (secondary N) is 1. The zero-order chi connectivity index (χ0) is 22.0. The van der Waals surface area contributed by atoms with Crippen molar-refractivity contribution in [1.82, 2.24) is 14.6 Å². The van der Waals surface area contributed by atoms with E-state index in [4.69, 9.17) is 9.47 Å². The van der Waals surface area contributed by atoms with Crippen LogP contribution in [0, 0.1) is 11.8 Å². The van der Waals surface area contributed by atoms with Crippen LogP contribution in [0.1, 0.15) is 24.0 Å². The maximum atomic E-state index is 12.9. The standard InChI is InChI=1S/C24H31N3O4S/c28-32(29,23-2-1-7-25-17-23)26-24-19-3-4-20(24)15-21-16-22(6-5-18(21)14-19)31-13-10-27-8-11-30-12-9-27/h1-2,5-7,16-17,19-20,24,26H,3-4,8-15H2. The van der Waals surface area contributed by atoms with Crippen LogP contribution in [0.15, 0.2) is 47.6 Å². The number of morpholine rings is 1. The SMILES string of the molecule is O=S(=O)(NC1C2CCC1Cc1cc(OCCN3CCOCC3)ccc1C2)c1cccnc1. The minimum atomic E-state index is -3.57. The molecule has 1 N–H and O–H groups in total. The fourth-order valence-electron chi connectivity index (χ4n) is 5.34. The van der Waals surface area contributed by atoms with Gasteiger partial charge in [0.2, 0.25) is 10.0 Å². The Morgan fingerprint density at radius 3 is 2.62 bits per heavy atom. The first-order chi connectivity index (χ1) is 15.6. The summed E-state index contributed by atoms with van der Waals surface area (Å²) in [4.78, 5) is 6.57. The second kappa shape index (κ2) is 9.47. The van der Waals surface area contributed by atoms with Crippen LogP contribution in [0.3, 0.4) is 0 Å². The second-order valence-electron chi connectivity index (χ2n) is 9.07. The lowest BCUT2D eigenvalue weighted by atomic mass is 9.93.